The zero-order chi connectivity index (χ0) is 13.2. The quantitative estimate of drug-likeness (QED) is 0.203. The number of ether oxygens (including phenoxy) is 1. The van der Waals surface area contributed by atoms with Crippen molar-refractivity contribution in [3.63, 3.8) is 0 Å². The topological polar surface area (TPSA) is 75.1 Å². The minimum Gasteiger partial charge on any atom is -0.466 e. The number of carbonyl (C=O) groups excluding carboxylic acids is 1. The molecule has 0 aliphatic heterocycles. The molecule has 1 rings (SSSR count). The summed E-state index contributed by atoms with van der Waals surface area (Å²) < 4.78 is 4.55. The van der Waals surface area contributed by atoms with Crippen molar-refractivity contribution >= 4 is 5.97 Å². The number of hydrogen-bond acceptors (Lipinski definition) is 3. The number of methoxy groups -OCH3 is 1. The van der Waals surface area contributed by atoms with Gasteiger partial charge in [-0.3, -0.25) is 0 Å². The number of esters is 1. The Labute approximate surface area is 105 Å². The van der Waals surface area contributed by atoms with E-state index < -0.39 is 5.97 Å². The Hall–Kier alpha value is -2.70. The molecule has 0 unspecified atom stereocenters. The zero-order valence-corrected chi connectivity index (χ0v) is 9.83. The second-order valence-electron chi connectivity index (χ2n) is 3.19. The van der Waals surface area contributed by atoms with Gasteiger partial charge in [0.25, 0.3) is 0 Å². The fraction of sp³-hybridized carbons (Fsp3) is 0.154. The van der Waals surface area contributed by atoms with Gasteiger partial charge in [0.15, 0.2) is 0 Å². The Morgan fingerprint density at radius 2 is 2.22 bits per heavy atom. The molecule has 0 aliphatic carbocycles. The lowest BCUT2D eigenvalue weighted by Gasteiger charge is -1.98. The van der Waals surface area contributed by atoms with Crippen molar-refractivity contribution in [3.05, 3.63) is 58.0 Å². The molecule has 90 valence electrons. The van der Waals surface area contributed by atoms with Crippen LogP contribution in [-0.2, 0) is 9.53 Å². The summed E-state index contributed by atoms with van der Waals surface area (Å²) in [4.78, 5) is 13.9. The van der Waals surface area contributed by atoms with Crippen LogP contribution >= 0.6 is 0 Å². The van der Waals surface area contributed by atoms with E-state index in [4.69, 9.17) is 5.53 Å². The van der Waals surface area contributed by atoms with E-state index in [-0.39, 0.29) is 12.1 Å². The minimum absolute atomic E-state index is 0.0767. The molecule has 0 atom stereocenters. The molecule has 0 saturated heterocycles. The summed E-state index contributed by atoms with van der Waals surface area (Å²) in [5.41, 5.74) is 9.27. The lowest BCUT2D eigenvalue weighted by Crippen LogP contribution is -2.06. The van der Waals surface area contributed by atoms with E-state index in [0.717, 1.165) is 5.56 Å². The van der Waals surface area contributed by atoms with Gasteiger partial charge in [0.05, 0.1) is 19.2 Å². The predicted molar refractivity (Wildman–Crippen MR) is 67.4 cm³/mol. The molecule has 1 aromatic carbocycles. The predicted octanol–water partition coefficient (Wildman–Crippen LogP) is 2.45. The third-order valence-electron chi connectivity index (χ3n) is 1.99. The smallest absolute Gasteiger partial charge is 0.334 e. The first-order chi connectivity index (χ1) is 8.77. The fourth-order valence-corrected chi connectivity index (χ4v) is 1.14. The van der Waals surface area contributed by atoms with Crippen LogP contribution in [0.5, 0.6) is 0 Å². The highest BCUT2D eigenvalue weighted by molar-refractivity contribution is 5.89. The van der Waals surface area contributed by atoms with Crippen LogP contribution < -0.4 is 0 Å². The van der Waals surface area contributed by atoms with Gasteiger partial charge in [0, 0.05) is 10.5 Å². The van der Waals surface area contributed by atoms with Gasteiger partial charge in [-0.25, -0.2) is 4.79 Å². The molecule has 0 fully saturated rings. The summed E-state index contributed by atoms with van der Waals surface area (Å²) in [6.45, 7) is -0.0767. The maximum absolute atomic E-state index is 11.3. The Morgan fingerprint density at radius 1 is 1.50 bits per heavy atom. The molecule has 0 aliphatic rings. The highest BCUT2D eigenvalue weighted by atomic mass is 16.5. The third-order valence-corrected chi connectivity index (χ3v) is 1.99. The number of rotatable bonds is 3. The number of azide groups is 1. The summed E-state index contributed by atoms with van der Waals surface area (Å²) in [6.07, 6.45) is 1.40. The average molecular weight is 241 g/mol. The molecule has 0 spiro atoms. The largest absolute Gasteiger partial charge is 0.466 e. The minimum atomic E-state index is -0.551. The molecule has 0 amide bonds. The van der Waals surface area contributed by atoms with Crippen LogP contribution in [0.2, 0.25) is 0 Å². The van der Waals surface area contributed by atoms with E-state index in [1.807, 2.05) is 30.3 Å². The van der Waals surface area contributed by atoms with E-state index in [2.05, 4.69) is 26.6 Å². The molecular weight excluding hydrogens is 230 g/mol. The average Bonchev–Trinajstić information content (AvgIpc) is 2.43. The van der Waals surface area contributed by atoms with Crippen molar-refractivity contribution in [3.8, 4) is 11.8 Å². The van der Waals surface area contributed by atoms with Crippen LogP contribution in [0.15, 0.2) is 47.1 Å². The van der Waals surface area contributed by atoms with E-state index >= 15 is 0 Å². The van der Waals surface area contributed by atoms with Crippen molar-refractivity contribution in [1.29, 1.82) is 0 Å². The van der Waals surface area contributed by atoms with Gasteiger partial charge in [0.2, 0.25) is 0 Å². The van der Waals surface area contributed by atoms with Crippen LogP contribution in [-0.4, -0.2) is 19.6 Å². The van der Waals surface area contributed by atoms with Gasteiger partial charge in [-0.15, -0.1) is 0 Å². The van der Waals surface area contributed by atoms with E-state index in [1.54, 1.807) is 0 Å². The molecule has 0 aromatic heterocycles. The zero-order valence-electron chi connectivity index (χ0n) is 9.83. The molecule has 18 heavy (non-hydrogen) atoms. The van der Waals surface area contributed by atoms with Crippen molar-refractivity contribution in [2.75, 3.05) is 13.7 Å². The maximum Gasteiger partial charge on any atom is 0.334 e. The van der Waals surface area contributed by atoms with Crippen molar-refractivity contribution in [2.45, 2.75) is 0 Å². The molecule has 5 heteroatoms. The van der Waals surface area contributed by atoms with Crippen LogP contribution in [0.1, 0.15) is 5.56 Å². The lowest BCUT2D eigenvalue weighted by atomic mass is 10.2. The number of benzene rings is 1. The lowest BCUT2D eigenvalue weighted by molar-refractivity contribution is -0.136. The first kappa shape index (κ1) is 13.4. The van der Waals surface area contributed by atoms with Crippen molar-refractivity contribution in [2.24, 2.45) is 5.11 Å². The monoisotopic (exact) mass is 241 g/mol. The fourth-order valence-electron chi connectivity index (χ4n) is 1.14. The number of allylic oxidation sites excluding steroid dienone is 1. The third kappa shape index (κ3) is 4.44. The first-order valence-electron chi connectivity index (χ1n) is 5.12. The molecule has 0 heterocycles. The number of carbonyl (C=O) groups is 1. The Morgan fingerprint density at radius 3 is 2.83 bits per heavy atom. The second-order valence-corrected chi connectivity index (χ2v) is 3.19. The highest BCUT2D eigenvalue weighted by Crippen LogP contribution is 1.99. The van der Waals surface area contributed by atoms with Gasteiger partial charge >= 0.3 is 5.97 Å². The standard InChI is InChI=1S/C13H11N3O2/c1-18-13(17)12(10-15-16-14)9-5-8-11-6-3-2-4-7-11/h2-4,6-7,9H,10H2,1H3/b12-9+. The normalized spacial score (nSPS) is 9.72. The summed E-state index contributed by atoms with van der Waals surface area (Å²) in [7, 11) is 1.26. The van der Waals surface area contributed by atoms with Gasteiger partial charge in [-0.05, 0) is 23.7 Å². The van der Waals surface area contributed by atoms with Gasteiger partial charge < -0.3 is 4.74 Å². The van der Waals surface area contributed by atoms with Crippen LogP contribution in [0.4, 0.5) is 0 Å². The van der Waals surface area contributed by atoms with E-state index in [1.165, 1.54) is 13.2 Å². The second kappa shape index (κ2) is 7.55. The summed E-state index contributed by atoms with van der Waals surface area (Å²) >= 11 is 0. The van der Waals surface area contributed by atoms with Crippen molar-refractivity contribution < 1.29 is 9.53 Å². The molecular formula is C13H11N3O2. The van der Waals surface area contributed by atoms with Crippen molar-refractivity contribution in [1.82, 2.24) is 0 Å². The van der Waals surface area contributed by atoms with E-state index in [9.17, 15) is 4.79 Å². The Balaban J connectivity index is 2.86. The Bertz CT molecular complexity index is 547. The molecule has 0 N–H and O–H groups in total. The van der Waals surface area contributed by atoms with Crippen LogP contribution in [0.25, 0.3) is 10.4 Å². The van der Waals surface area contributed by atoms with Gasteiger partial charge in [-0.1, -0.05) is 35.2 Å². The molecule has 0 saturated carbocycles. The van der Waals surface area contributed by atoms with Crippen LogP contribution in [0, 0.1) is 11.8 Å². The SMILES string of the molecule is COC(=O)/C(=C/C#Cc1ccccc1)CN=[N+]=[N-]. The summed E-state index contributed by atoms with van der Waals surface area (Å²) in [6, 6.07) is 9.34. The van der Waals surface area contributed by atoms with Crippen LogP contribution in [0.3, 0.4) is 0 Å². The van der Waals surface area contributed by atoms with E-state index in [0.29, 0.717) is 0 Å². The molecule has 0 bridgehead atoms. The molecule has 0 radical (unpaired) electrons. The number of hydrogen-bond donors (Lipinski definition) is 0. The van der Waals surface area contributed by atoms with Gasteiger partial charge in [0.1, 0.15) is 0 Å². The number of nitrogens with zero attached hydrogens (tertiary/aromatic N) is 3. The molecule has 5 nitrogen and oxygen atoms in total. The maximum atomic E-state index is 11.3. The van der Waals surface area contributed by atoms with Gasteiger partial charge in [-0.2, -0.15) is 0 Å². The Kier molecular flexibility index (Phi) is 5.61. The summed E-state index contributed by atoms with van der Waals surface area (Å²) in [5, 5.41) is 3.31. The first-order valence-corrected chi connectivity index (χ1v) is 5.12. The highest BCUT2D eigenvalue weighted by Gasteiger charge is 2.06. The molecule has 1 aromatic rings. The summed E-state index contributed by atoms with van der Waals surface area (Å²) in [5.74, 6) is 5.04.